The van der Waals surface area contributed by atoms with Gasteiger partial charge in [-0.3, -0.25) is 0 Å². The molecule has 209 valence electrons. The minimum atomic E-state index is -1.67. The van der Waals surface area contributed by atoms with Gasteiger partial charge in [0.1, 0.15) is 5.76 Å². The van der Waals surface area contributed by atoms with E-state index in [1.807, 2.05) is 6.92 Å². The number of carbonyl (C=O) groups is 1. The van der Waals surface area contributed by atoms with Crippen LogP contribution in [-0.4, -0.2) is 55.1 Å². The van der Waals surface area contributed by atoms with Crippen molar-refractivity contribution in [1.29, 1.82) is 0 Å². The van der Waals surface area contributed by atoms with E-state index in [9.17, 15) is 4.79 Å². The number of hydrogen-bond acceptors (Lipinski definition) is 6. The zero-order chi connectivity index (χ0) is 25.6. The SMILES string of the molecule is C.C=C(/C=C(/OCCC)O[Si](C)(C)C)O[Si](C)(C)C.CCCOC(=O)/C=C(/C)O[Si](C)(C)C.[Mo].[SiH3]. The molecule has 0 heterocycles. The maximum atomic E-state index is 11.1. The first-order valence-electron chi connectivity index (χ1n) is 11.3. The summed E-state index contributed by atoms with van der Waals surface area (Å²) in [5.74, 6) is 1.49. The van der Waals surface area contributed by atoms with Gasteiger partial charge in [0.15, 0.2) is 0 Å². The van der Waals surface area contributed by atoms with Crippen LogP contribution in [0.4, 0.5) is 0 Å². The molecule has 0 spiro atoms. The Labute approximate surface area is 238 Å². The van der Waals surface area contributed by atoms with E-state index in [2.05, 4.69) is 72.4 Å². The van der Waals surface area contributed by atoms with Crippen molar-refractivity contribution in [3.05, 3.63) is 36.2 Å². The molecule has 35 heavy (non-hydrogen) atoms. The van der Waals surface area contributed by atoms with Crippen LogP contribution in [0.15, 0.2) is 36.2 Å². The maximum absolute atomic E-state index is 11.1. The molecule has 0 unspecified atom stereocenters. The van der Waals surface area contributed by atoms with Crippen LogP contribution in [0.1, 0.15) is 41.0 Å². The fraction of sp³-hybridized carbons (Fsp3) is 0.708. The summed E-state index contributed by atoms with van der Waals surface area (Å²) in [5, 5.41) is 0. The van der Waals surface area contributed by atoms with E-state index >= 15 is 0 Å². The summed E-state index contributed by atoms with van der Waals surface area (Å²) >= 11 is 0. The van der Waals surface area contributed by atoms with Gasteiger partial charge in [-0.1, -0.05) is 27.9 Å². The van der Waals surface area contributed by atoms with E-state index in [0.29, 0.717) is 30.7 Å². The summed E-state index contributed by atoms with van der Waals surface area (Å²) in [4.78, 5) is 11.1. The molecular formula is C24H55MoO6Si4. The van der Waals surface area contributed by atoms with E-state index in [4.69, 9.17) is 22.8 Å². The minimum Gasteiger partial charge on any atom is -0.547 e. The van der Waals surface area contributed by atoms with Gasteiger partial charge in [0.25, 0.3) is 5.95 Å². The Morgan fingerprint density at radius 2 is 1.14 bits per heavy atom. The van der Waals surface area contributed by atoms with Crippen LogP contribution >= 0.6 is 0 Å². The van der Waals surface area contributed by atoms with E-state index < -0.39 is 25.0 Å². The average molecular weight is 648 g/mol. The van der Waals surface area contributed by atoms with E-state index in [1.165, 1.54) is 6.08 Å². The summed E-state index contributed by atoms with van der Waals surface area (Å²) in [6.07, 6.45) is 4.97. The molecule has 0 aliphatic carbocycles. The standard InChI is InChI=1S/C13H28O3Si2.C10H20O3Si.CH4.Mo.H3Si/c1-9-10-14-13(16-18(6,7)8)11-12(2)15-17(3,4)5;1-6-7-12-10(11)8-9(2)13-14(3,4)5;;;/h11H,2,9-10H2,1,3-8H3;8H,6-7H2,1-5H3;1H4;;1H3/b13-11-;9-8-;;;. The summed E-state index contributed by atoms with van der Waals surface area (Å²) in [7, 11) is -4.89. The maximum Gasteiger partial charge on any atom is 0.334 e. The number of hydrogen-bond donors (Lipinski definition) is 0. The molecule has 6 nitrogen and oxygen atoms in total. The van der Waals surface area contributed by atoms with Gasteiger partial charge < -0.3 is 22.8 Å². The first kappa shape index (κ1) is 44.4. The van der Waals surface area contributed by atoms with Crippen molar-refractivity contribution in [3.8, 4) is 0 Å². The molecule has 0 bridgehead atoms. The second kappa shape index (κ2) is 21.5. The molecule has 0 N–H and O–H groups in total. The zero-order valence-corrected chi connectivity index (χ0v) is 31.1. The fourth-order valence-corrected chi connectivity index (χ4v) is 4.67. The summed E-state index contributed by atoms with van der Waals surface area (Å²) in [5.41, 5.74) is 0. The Hall–Kier alpha value is -0.554. The Balaban J connectivity index is -0.000000162. The number of ether oxygens (including phenoxy) is 2. The molecule has 0 fully saturated rings. The fourth-order valence-electron chi connectivity index (χ4n) is 2.08. The summed E-state index contributed by atoms with van der Waals surface area (Å²) < 4.78 is 27.7. The third-order valence-corrected chi connectivity index (χ3v) is 5.43. The van der Waals surface area contributed by atoms with Crippen LogP contribution in [0.2, 0.25) is 58.9 Å². The Morgan fingerprint density at radius 1 is 0.743 bits per heavy atom. The average Bonchev–Trinajstić information content (AvgIpc) is 2.53. The van der Waals surface area contributed by atoms with Crippen LogP contribution in [0.3, 0.4) is 0 Å². The first-order valence-corrected chi connectivity index (χ1v) is 21.6. The van der Waals surface area contributed by atoms with Crippen LogP contribution in [-0.2, 0) is 48.6 Å². The molecule has 0 aromatic rings. The largest absolute Gasteiger partial charge is 0.547 e. The molecule has 0 amide bonds. The third kappa shape index (κ3) is 35.7. The van der Waals surface area contributed by atoms with Gasteiger partial charge in [0.05, 0.1) is 31.1 Å². The van der Waals surface area contributed by atoms with Gasteiger partial charge in [-0.15, -0.1) is 0 Å². The molecular weight excluding hydrogens is 593 g/mol. The predicted molar refractivity (Wildman–Crippen MR) is 158 cm³/mol. The van der Waals surface area contributed by atoms with E-state index in [-0.39, 0.29) is 45.4 Å². The minimum absolute atomic E-state index is 0. The molecule has 0 saturated heterocycles. The van der Waals surface area contributed by atoms with Gasteiger partial charge in [0.2, 0.25) is 25.0 Å². The Bertz CT molecular complexity index is 633. The van der Waals surface area contributed by atoms with Gasteiger partial charge in [-0.25, -0.2) is 4.79 Å². The van der Waals surface area contributed by atoms with Crippen molar-refractivity contribution in [2.45, 2.75) is 100.0 Å². The topological polar surface area (TPSA) is 63.2 Å². The van der Waals surface area contributed by atoms with Crippen molar-refractivity contribution in [2.24, 2.45) is 0 Å². The van der Waals surface area contributed by atoms with Crippen molar-refractivity contribution < 1.29 is 48.6 Å². The summed E-state index contributed by atoms with van der Waals surface area (Å²) in [6, 6.07) is 0. The van der Waals surface area contributed by atoms with Crippen LogP contribution in [0.5, 0.6) is 0 Å². The normalized spacial score (nSPS) is 11.8. The molecule has 0 aliphatic heterocycles. The molecule has 0 saturated carbocycles. The Morgan fingerprint density at radius 3 is 1.51 bits per heavy atom. The number of esters is 1. The number of rotatable bonds is 13. The molecule has 1 radical (unpaired) electrons. The third-order valence-electron chi connectivity index (χ3n) is 2.81. The van der Waals surface area contributed by atoms with E-state index in [0.717, 1.165) is 12.8 Å². The van der Waals surface area contributed by atoms with Gasteiger partial charge in [-0.05, 0) is 89.7 Å². The van der Waals surface area contributed by atoms with Crippen LogP contribution in [0, 0.1) is 0 Å². The van der Waals surface area contributed by atoms with Crippen LogP contribution < -0.4 is 0 Å². The smallest absolute Gasteiger partial charge is 0.334 e. The van der Waals surface area contributed by atoms with Gasteiger partial charge in [0, 0.05) is 21.1 Å². The van der Waals surface area contributed by atoms with Crippen molar-refractivity contribution in [1.82, 2.24) is 0 Å². The Kier molecular flexibility index (Phi) is 27.3. The summed E-state index contributed by atoms with van der Waals surface area (Å²) in [6.45, 7) is 29.8. The zero-order valence-electron chi connectivity index (χ0n) is 24.0. The number of carbonyl (C=O) groups excluding carboxylic acids is 1. The second-order valence-electron chi connectivity index (χ2n) is 10.3. The molecule has 0 rings (SSSR count). The first-order chi connectivity index (χ1) is 14.4. The monoisotopic (exact) mass is 649 g/mol. The molecule has 0 aromatic heterocycles. The van der Waals surface area contributed by atoms with Gasteiger partial charge >= 0.3 is 5.97 Å². The van der Waals surface area contributed by atoms with Crippen LogP contribution in [0.25, 0.3) is 0 Å². The van der Waals surface area contributed by atoms with Crippen molar-refractivity contribution in [2.75, 3.05) is 13.2 Å². The second-order valence-corrected chi connectivity index (χ2v) is 23.6. The van der Waals surface area contributed by atoms with E-state index in [1.54, 1.807) is 13.0 Å². The molecule has 0 aromatic carbocycles. The van der Waals surface area contributed by atoms with Gasteiger partial charge in [-0.2, -0.15) is 0 Å². The molecule has 0 aliphatic rings. The number of allylic oxidation sites excluding steroid dienone is 2. The van der Waals surface area contributed by atoms with Crippen molar-refractivity contribution >= 4 is 41.9 Å². The van der Waals surface area contributed by atoms with Crippen molar-refractivity contribution in [3.63, 3.8) is 0 Å². The molecule has 11 heteroatoms. The predicted octanol–water partition coefficient (Wildman–Crippen LogP) is 6.62. The quantitative estimate of drug-likeness (QED) is 0.0737. The molecule has 0 atom stereocenters.